The van der Waals surface area contributed by atoms with Gasteiger partial charge in [-0.2, -0.15) is 0 Å². The van der Waals surface area contributed by atoms with Gasteiger partial charge in [0.1, 0.15) is 6.54 Å². The molecule has 5 nitrogen and oxygen atoms in total. The summed E-state index contributed by atoms with van der Waals surface area (Å²) in [6.07, 6.45) is 0. The van der Waals surface area contributed by atoms with Crippen molar-refractivity contribution >= 4 is 17.2 Å². The Morgan fingerprint density at radius 1 is 1.50 bits per heavy atom. The molecule has 1 atom stereocenters. The van der Waals surface area contributed by atoms with Crippen LogP contribution in [-0.4, -0.2) is 41.1 Å². The summed E-state index contributed by atoms with van der Waals surface area (Å²) in [6.45, 7) is 8.29. The van der Waals surface area contributed by atoms with Gasteiger partial charge in [-0.15, -0.1) is 0 Å². The second-order valence-electron chi connectivity index (χ2n) is 4.79. The Morgan fingerprint density at radius 2 is 2.22 bits per heavy atom. The number of carbonyl (C=O) groups excluding carboxylic acids is 1. The maximum Gasteiger partial charge on any atom is 0.308 e. The summed E-state index contributed by atoms with van der Waals surface area (Å²) in [5.74, 6) is 0.0337. The van der Waals surface area contributed by atoms with Crippen LogP contribution in [0.15, 0.2) is 4.79 Å². The Morgan fingerprint density at radius 3 is 2.78 bits per heavy atom. The number of thiazole rings is 1. The van der Waals surface area contributed by atoms with Gasteiger partial charge >= 0.3 is 4.87 Å². The van der Waals surface area contributed by atoms with Gasteiger partial charge in [-0.3, -0.25) is 14.2 Å². The third kappa shape index (κ3) is 2.64. The molecule has 0 aromatic carbocycles. The van der Waals surface area contributed by atoms with Crippen molar-refractivity contribution in [2.24, 2.45) is 0 Å². The van der Waals surface area contributed by atoms with Crippen molar-refractivity contribution in [2.75, 3.05) is 19.6 Å². The third-order valence-electron chi connectivity index (χ3n) is 3.39. The Bertz CT molecular complexity index is 506. The van der Waals surface area contributed by atoms with E-state index in [0.717, 1.165) is 30.2 Å². The molecule has 1 aromatic heterocycles. The average Bonchev–Trinajstić information content (AvgIpc) is 2.56. The highest BCUT2D eigenvalue weighted by atomic mass is 32.1. The lowest BCUT2D eigenvalue weighted by Crippen LogP contribution is -2.52. The van der Waals surface area contributed by atoms with E-state index in [1.54, 1.807) is 4.57 Å². The second kappa shape index (κ2) is 5.24. The molecule has 1 aliphatic heterocycles. The number of hydrogen-bond donors (Lipinski definition) is 1. The Labute approximate surface area is 110 Å². The Hall–Kier alpha value is -1.14. The van der Waals surface area contributed by atoms with E-state index in [1.807, 2.05) is 18.7 Å². The summed E-state index contributed by atoms with van der Waals surface area (Å²) in [4.78, 5) is 26.7. The number of hydrogen-bond acceptors (Lipinski definition) is 4. The van der Waals surface area contributed by atoms with Crippen molar-refractivity contribution in [3.8, 4) is 0 Å². The molecule has 1 unspecified atom stereocenters. The lowest BCUT2D eigenvalue weighted by Gasteiger charge is -2.32. The van der Waals surface area contributed by atoms with Gasteiger partial charge < -0.3 is 10.2 Å². The number of nitrogens with zero attached hydrogens (tertiary/aromatic N) is 2. The van der Waals surface area contributed by atoms with Gasteiger partial charge in [0.2, 0.25) is 5.91 Å². The molecular weight excluding hydrogens is 250 g/mol. The highest BCUT2D eigenvalue weighted by Crippen LogP contribution is 2.10. The molecule has 18 heavy (non-hydrogen) atoms. The SMILES string of the molecule is Cc1sc(=O)n(CC(=O)N2CCNC(C)C2)c1C. The molecule has 0 spiro atoms. The monoisotopic (exact) mass is 269 g/mol. The smallest absolute Gasteiger partial charge is 0.308 e. The van der Waals surface area contributed by atoms with Crippen LogP contribution in [0.2, 0.25) is 0 Å². The first-order chi connectivity index (χ1) is 8.49. The van der Waals surface area contributed by atoms with E-state index < -0.39 is 0 Å². The van der Waals surface area contributed by atoms with Crippen LogP contribution in [0.1, 0.15) is 17.5 Å². The van der Waals surface area contributed by atoms with Crippen molar-refractivity contribution in [1.29, 1.82) is 0 Å². The minimum Gasteiger partial charge on any atom is -0.338 e. The van der Waals surface area contributed by atoms with Gasteiger partial charge in [-0.25, -0.2) is 0 Å². The van der Waals surface area contributed by atoms with Gasteiger partial charge in [0.25, 0.3) is 0 Å². The Kier molecular flexibility index (Phi) is 3.87. The van der Waals surface area contributed by atoms with Crippen molar-refractivity contribution in [1.82, 2.24) is 14.8 Å². The fraction of sp³-hybridized carbons (Fsp3) is 0.667. The van der Waals surface area contributed by atoms with Crippen LogP contribution in [-0.2, 0) is 11.3 Å². The molecule has 100 valence electrons. The zero-order valence-electron chi connectivity index (χ0n) is 11.0. The van der Waals surface area contributed by atoms with E-state index in [0.29, 0.717) is 6.04 Å². The molecular formula is C12H19N3O2S. The number of amides is 1. The summed E-state index contributed by atoms with van der Waals surface area (Å²) >= 11 is 1.21. The molecule has 6 heteroatoms. The molecule has 1 N–H and O–H groups in total. The van der Waals surface area contributed by atoms with Crippen LogP contribution in [0.3, 0.4) is 0 Å². The number of carbonyl (C=O) groups is 1. The van der Waals surface area contributed by atoms with E-state index in [9.17, 15) is 9.59 Å². The van der Waals surface area contributed by atoms with Gasteiger partial charge in [0.05, 0.1) is 0 Å². The predicted molar refractivity (Wildman–Crippen MR) is 72.1 cm³/mol. The first kappa shape index (κ1) is 13.3. The first-order valence-electron chi connectivity index (χ1n) is 6.17. The fourth-order valence-corrected chi connectivity index (χ4v) is 3.00. The molecule has 1 aromatic rings. The summed E-state index contributed by atoms with van der Waals surface area (Å²) in [5.41, 5.74) is 0.904. The summed E-state index contributed by atoms with van der Waals surface area (Å²) < 4.78 is 1.58. The zero-order chi connectivity index (χ0) is 13.3. The molecule has 1 amide bonds. The quantitative estimate of drug-likeness (QED) is 0.843. The van der Waals surface area contributed by atoms with Crippen molar-refractivity contribution < 1.29 is 4.79 Å². The average molecular weight is 269 g/mol. The number of nitrogens with one attached hydrogen (secondary N) is 1. The van der Waals surface area contributed by atoms with Crippen LogP contribution in [0.4, 0.5) is 0 Å². The largest absolute Gasteiger partial charge is 0.338 e. The summed E-state index contributed by atoms with van der Waals surface area (Å²) in [5, 5.41) is 3.30. The second-order valence-corrected chi connectivity index (χ2v) is 5.96. The van der Waals surface area contributed by atoms with Crippen molar-refractivity contribution in [3.05, 3.63) is 20.2 Å². The lowest BCUT2D eigenvalue weighted by molar-refractivity contribution is -0.133. The van der Waals surface area contributed by atoms with Crippen LogP contribution in [0, 0.1) is 13.8 Å². The standard InChI is InChI=1S/C12H19N3O2S/c1-8-6-14(5-4-13-8)11(16)7-15-9(2)10(3)18-12(15)17/h8,13H,4-7H2,1-3H3. The van der Waals surface area contributed by atoms with E-state index in [2.05, 4.69) is 12.2 Å². The number of rotatable bonds is 2. The third-order valence-corrected chi connectivity index (χ3v) is 4.39. The van der Waals surface area contributed by atoms with Gasteiger partial charge in [0.15, 0.2) is 0 Å². The molecule has 0 bridgehead atoms. The normalized spacial score (nSPS) is 20.2. The molecule has 0 aliphatic carbocycles. The number of aromatic nitrogens is 1. The maximum absolute atomic E-state index is 12.2. The first-order valence-corrected chi connectivity index (χ1v) is 6.98. The van der Waals surface area contributed by atoms with Gasteiger partial charge in [-0.05, 0) is 20.8 Å². The van der Waals surface area contributed by atoms with Gasteiger partial charge in [-0.1, -0.05) is 11.3 Å². The maximum atomic E-state index is 12.2. The van der Waals surface area contributed by atoms with E-state index in [1.165, 1.54) is 11.3 Å². The van der Waals surface area contributed by atoms with Gasteiger partial charge in [0, 0.05) is 36.2 Å². The molecule has 0 radical (unpaired) electrons. The van der Waals surface area contributed by atoms with E-state index in [4.69, 9.17) is 0 Å². The fourth-order valence-electron chi connectivity index (χ4n) is 2.16. The van der Waals surface area contributed by atoms with Crippen LogP contribution in [0.5, 0.6) is 0 Å². The van der Waals surface area contributed by atoms with Crippen molar-refractivity contribution in [2.45, 2.75) is 33.4 Å². The minimum atomic E-state index is -0.0402. The summed E-state index contributed by atoms with van der Waals surface area (Å²) in [7, 11) is 0. The zero-order valence-corrected chi connectivity index (χ0v) is 11.8. The summed E-state index contributed by atoms with van der Waals surface area (Å²) in [6, 6.07) is 0.324. The number of aryl methyl sites for hydroxylation is 1. The van der Waals surface area contributed by atoms with Crippen LogP contribution in [0.25, 0.3) is 0 Å². The topological polar surface area (TPSA) is 54.3 Å². The molecule has 1 fully saturated rings. The van der Waals surface area contributed by atoms with E-state index in [-0.39, 0.29) is 17.3 Å². The van der Waals surface area contributed by atoms with E-state index >= 15 is 0 Å². The number of piperazine rings is 1. The molecule has 1 saturated heterocycles. The van der Waals surface area contributed by atoms with Crippen LogP contribution < -0.4 is 10.2 Å². The van der Waals surface area contributed by atoms with Crippen LogP contribution >= 0.6 is 11.3 Å². The lowest BCUT2D eigenvalue weighted by atomic mass is 10.2. The predicted octanol–water partition coefficient (Wildman–Crippen LogP) is 0.347. The highest BCUT2D eigenvalue weighted by Gasteiger charge is 2.21. The molecule has 2 rings (SSSR count). The molecule has 0 saturated carbocycles. The van der Waals surface area contributed by atoms with Crippen molar-refractivity contribution in [3.63, 3.8) is 0 Å². The highest BCUT2D eigenvalue weighted by molar-refractivity contribution is 7.09. The minimum absolute atomic E-state index is 0.0337. The Balaban J connectivity index is 2.09. The molecule has 2 heterocycles. The molecule has 1 aliphatic rings.